The van der Waals surface area contributed by atoms with E-state index in [4.69, 9.17) is 0 Å². The molecule has 2 aliphatic rings. The second-order valence-electron chi connectivity index (χ2n) is 6.14. The van der Waals surface area contributed by atoms with Crippen molar-refractivity contribution < 1.29 is 0 Å². The van der Waals surface area contributed by atoms with Crippen LogP contribution < -0.4 is 5.32 Å². The highest BCUT2D eigenvalue weighted by atomic mass is 15.2. The third kappa shape index (κ3) is 2.76. The van der Waals surface area contributed by atoms with Crippen molar-refractivity contribution in [3.8, 4) is 0 Å². The summed E-state index contributed by atoms with van der Waals surface area (Å²) in [6, 6.07) is 10.4. The first-order chi connectivity index (χ1) is 8.72. The van der Waals surface area contributed by atoms with Crippen LogP contribution in [-0.4, -0.2) is 31.1 Å². The highest BCUT2D eigenvalue weighted by molar-refractivity contribution is 5.25. The average molecular weight is 244 g/mol. The molecule has 1 aromatic rings. The van der Waals surface area contributed by atoms with Crippen molar-refractivity contribution in [3.05, 3.63) is 35.4 Å². The molecule has 0 spiro atoms. The minimum Gasteiger partial charge on any atom is -0.306 e. The maximum atomic E-state index is 3.90. The van der Waals surface area contributed by atoms with Gasteiger partial charge in [-0.2, -0.15) is 0 Å². The first kappa shape index (κ1) is 12.2. The molecule has 1 aliphatic carbocycles. The fourth-order valence-corrected chi connectivity index (χ4v) is 3.03. The van der Waals surface area contributed by atoms with Crippen molar-refractivity contribution in [3.63, 3.8) is 0 Å². The molecule has 0 bridgehead atoms. The van der Waals surface area contributed by atoms with Crippen LogP contribution in [0.1, 0.15) is 36.4 Å². The third-order valence-corrected chi connectivity index (χ3v) is 4.34. The number of nitrogens with zero attached hydrogens (tertiary/aromatic N) is 1. The Bertz CT molecular complexity index is 394. The first-order valence-corrected chi connectivity index (χ1v) is 7.23. The summed E-state index contributed by atoms with van der Waals surface area (Å²) in [5, 5.41) is 3.90. The van der Waals surface area contributed by atoms with Gasteiger partial charge < -0.3 is 10.2 Å². The van der Waals surface area contributed by atoms with Crippen molar-refractivity contribution in [1.29, 1.82) is 0 Å². The Kier molecular flexibility index (Phi) is 3.40. The highest BCUT2D eigenvalue weighted by Gasteiger charge is 2.34. The zero-order chi connectivity index (χ0) is 12.5. The van der Waals surface area contributed by atoms with Gasteiger partial charge in [-0.3, -0.25) is 0 Å². The Morgan fingerprint density at radius 1 is 1.17 bits per heavy atom. The summed E-state index contributed by atoms with van der Waals surface area (Å²) in [7, 11) is 2.22. The van der Waals surface area contributed by atoms with Gasteiger partial charge in [0, 0.05) is 18.6 Å². The number of hydrogen-bond acceptors (Lipinski definition) is 2. The third-order valence-electron chi connectivity index (χ3n) is 4.34. The van der Waals surface area contributed by atoms with Gasteiger partial charge in [-0.25, -0.2) is 0 Å². The fraction of sp³-hybridized carbons (Fsp3) is 0.625. The van der Waals surface area contributed by atoms with Crippen LogP contribution in [-0.2, 0) is 0 Å². The number of likely N-dealkylation sites (tertiary alicyclic amines) is 1. The number of likely N-dealkylation sites (N-methyl/N-ethyl adjacent to an activating group) is 1. The van der Waals surface area contributed by atoms with E-state index in [2.05, 4.69) is 48.5 Å². The van der Waals surface area contributed by atoms with Gasteiger partial charge in [0.25, 0.3) is 0 Å². The molecule has 2 nitrogen and oxygen atoms in total. The largest absolute Gasteiger partial charge is 0.306 e. The van der Waals surface area contributed by atoms with Crippen molar-refractivity contribution in [2.75, 3.05) is 20.1 Å². The molecule has 1 saturated heterocycles. The number of rotatable bonds is 4. The Morgan fingerprint density at radius 2 is 1.89 bits per heavy atom. The maximum absolute atomic E-state index is 3.90. The van der Waals surface area contributed by atoms with E-state index in [1.54, 1.807) is 0 Å². The Hall–Kier alpha value is -0.860. The summed E-state index contributed by atoms with van der Waals surface area (Å²) >= 11 is 0. The van der Waals surface area contributed by atoms with Crippen LogP contribution in [0.2, 0.25) is 0 Å². The minimum absolute atomic E-state index is 0.585. The van der Waals surface area contributed by atoms with Gasteiger partial charge in [-0.05, 0) is 51.3 Å². The molecule has 1 heterocycles. The second-order valence-corrected chi connectivity index (χ2v) is 6.14. The molecule has 1 aromatic carbocycles. The van der Waals surface area contributed by atoms with Gasteiger partial charge in [0.05, 0.1) is 0 Å². The summed E-state index contributed by atoms with van der Waals surface area (Å²) in [6.45, 7) is 4.60. The fourth-order valence-electron chi connectivity index (χ4n) is 3.03. The van der Waals surface area contributed by atoms with Crippen molar-refractivity contribution in [1.82, 2.24) is 10.2 Å². The van der Waals surface area contributed by atoms with E-state index in [1.165, 1.54) is 43.5 Å². The van der Waals surface area contributed by atoms with Gasteiger partial charge in [0.15, 0.2) is 0 Å². The zero-order valence-corrected chi connectivity index (χ0v) is 11.5. The minimum atomic E-state index is 0.585. The molecule has 1 saturated carbocycles. The van der Waals surface area contributed by atoms with E-state index in [1.807, 2.05) is 0 Å². The van der Waals surface area contributed by atoms with Crippen molar-refractivity contribution in [2.24, 2.45) is 5.92 Å². The topological polar surface area (TPSA) is 15.3 Å². The molecular formula is C16H24N2. The second kappa shape index (κ2) is 5.02. The van der Waals surface area contributed by atoms with Gasteiger partial charge >= 0.3 is 0 Å². The number of benzene rings is 1. The Labute approximate surface area is 110 Å². The Morgan fingerprint density at radius 3 is 2.44 bits per heavy atom. The predicted octanol–water partition coefficient (Wildman–Crippen LogP) is 2.74. The smallest absolute Gasteiger partial charge is 0.0351 e. The molecule has 1 N–H and O–H groups in total. The molecule has 2 heteroatoms. The lowest BCUT2D eigenvalue weighted by Crippen LogP contribution is -2.35. The van der Waals surface area contributed by atoms with Crippen LogP contribution in [0.5, 0.6) is 0 Å². The van der Waals surface area contributed by atoms with Crippen LogP contribution in [0, 0.1) is 12.8 Å². The molecular weight excluding hydrogens is 220 g/mol. The molecule has 2 unspecified atom stereocenters. The van der Waals surface area contributed by atoms with E-state index < -0.39 is 0 Å². The SMILES string of the molecule is Cc1ccc(C(NC2CCN(C)C2)C2CC2)cc1. The molecule has 0 aromatic heterocycles. The van der Waals surface area contributed by atoms with E-state index in [-0.39, 0.29) is 0 Å². The van der Waals surface area contributed by atoms with Crippen LogP contribution >= 0.6 is 0 Å². The summed E-state index contributed by atoms with van der Waals surface area (Å²) in [5.74, 6) is 0.874. The average Bonchev–Trinajstić information content (AvgIpc) is 3.12. The molecule has 2 atom stereocenters. The maximum Gasteiger partial charge on any atom is 0.0351 e. The van der Waals surface area contributed by atoms with E-state index >= 15 is 0 Å². The van der Waals surface area contributed by atoms with Gasteiger partial charge in [0.1, 0.15) is 0 Å². The number of hydrogen-bond donors (Lipinski definition) is 1. The molecule has 0 amide bonds. The Balaban J connectivity index is 1.70. The quantitative estimate of drug-likeness (QED) is 0.876. The van der Waals surface area contributed by atoms with E-state index in [0.29, 0.717) is 12.1 Å². The van der Waals surface area contributed by atoms with Crippen LogP contribution in [0.4, 0.5) is 0 Å². The molecule has 1 aliphatic heterocycles. The summed E-state index contributed by atoms with van der Waals surface area (Å²) in [4.78, 5) is 2.43. The molecule has 0 radical (unpaired) electrons. The normalized spacial score (nSPS) is 26.4. The summed E-state index contributed by atoms with van der Waals surface area (Å²) in [5.41, 5.74) is 2.84. The predicted molar refractivity (Wildman–Crippen MR) is 75.7 cm³/mol. The van der Waals surface area contributed by atoms with E-state index in [9.17, 15) is 0 Å². The van der Waals surface area contributed by atoms with Gasteiger partial charge in [0.2, 0.25) is 0 Å². The highest BCUT2D eigenvalue weighted by Crippen LogP contribution is 2.41. The molecule has 2 fully saturated rings. The van der Waals surface area contributed by atoms with Gasteiger partial charge in [-0.1, -0.05) is 29.8 Å². The standard InChI is InChI=1S/C16H24N2/c1-12-3-5-13(6-4-12)16(14-7-8-14)17-15-9-10-18(2)11-15/h3-6,14-17H,7-11H2,1-2H3. The van der Waals surface area contributed by atoms with Gasteiger partial charge in [-0.15, -0.1) is 0 Å². The van der Waals surface area contributed by atoms with Crippen LogP contribution in [0.25, 0.3) is 0 Å². The molecule has 3 rings (SSSR count). The summed E-state index contributed by atoms with van der Waals surface area (Å²) < 4.78 is 0. The van der Waals surface area contributed by atoms with Crippen molar-refractivity contribution >= 4 is 0 Å². The monoisotopic (exact) mass is 244 g/mol. The first-order valence-electron chi connectivity index (χ1n) is 7.23. The van der Waals surface area contributed by atoms with Crippen LogP contribution in [0.15, 0.2) is 24.3 Å². The lowest BCUT2D eigenvalue weighted by Gasteiger charge is -2.23. The molecule has 98 valence electrons. The molecule has 18 heavy (non-hydrogen) atoms. The lowest BCUT2D eigenvalue weighted by atomic mass is 10.00. The van der Waals surface area contributed by atoms with Crippen LogP contribution in [0.3, 0.4) is 0 Å². The van der Waals surface area contributed by atoms with Crippen molar-refractivity contribution in [2.45, 2.75) is 38.3 Å². The number of aryl methyl sites for hydroxylation is 1. The lowest BCUT2D eigenvalue weighted by molar-refractivity contribution is 0.369. The zero-order valence-electron chi connectivity index (χ0n) is 11.5. The van der Waals surface area contributed by atoms with E-state index in [0.717, 1.165) is 5.92 Å². The number of nitrogens with one attached hydrogen (secondary N) is 1. The summed E-state index contributed by atoms with van der Waals surface area (Å²) in [6.07, 6.45) is 4.09.